The average molecular weight is 251 g/mol. The van der Waals surface area contributed by atoms with Crippen LogP contribution in [-0.2, 0) is 0 Å². The molecule has 12 heavy (non-hydrogen) atoms. The zero-order valence-electron chi connectivity index (χ0n) is 5.23. The van der Waals surface area contributed by atoms with E-state index in [0.29, 0.717) is 0 Å². The van der Waals surface area contributed by atoms with Gasteiger partial charge in [-0.2, -0.15) is 22.0 Å². The summed E-state index contributed by atoms with van der Waals surface area (Å²) in [6.45, 7) is 0. The van der Waals surface area contributed by atoms with Crippen LogP contribution in [0.25, 0.3) is 0 Å². The van der Waals surface area contributed by atoms with Crippen LogP contribution in [0.15, 0.2) is 0 Å². The second-order valence-electron chi connectivity index (χ2n) is 1.91. The monoisotopic (exact) mass is 250 g/mol. The van der Waals surface area contributed by atoms with Crippen LogP contribution >= 0.6 is 34.8 Å². The van der Waals surface area contributed by atoms with Crippen LogP contribution in [-0.4, -0.2) is 22.3 Å². The van der Waals surface area contributed by atoms with Gasteiger partial charge in [-0.3, -0.25) is 0 Å². The molecule has 0 nitrogen and oxygen atoms in total. The molecule has 74 valence electrons. The van der Waals surface area contributed by atoms with Gasteiger partial charge in [0.1, 0.15) is 0 Å². The van der Waals surface area contributed by atoms with E-state index in [9.17, 15) is 22.0 Å². The summed E-state index contributed by atoms with van der Waals surface area (Å²) >= 11 is 14.1. The van der Waals surface area contributed by atoms with E-state index >= 15 is 0 Å². The highest BCUT2D eigenvalue weighted by Gasteiger charge is 2.69. The van der Waals surface area contributed by atoms with E-state index in [2.05, 4.69) is 23.2 Å². The normalized spacial score (nSPS) is 15.0. The highest BCUT2D eigenvalue weighted by atomic mass is 35.5. The second kappa shape index (κ2) is 3.35. The molecule has 0 aliphatic carbocycles. The highest BCUT2D eigenvalue weighted by molar-refractivity contribution is 6.52. The van der Waals surface area contributed by atoms with Gasteiger partial charge in [0.25, 0.3) is 0 Å². The van der Waals surface area contributed by atoms with E-state index in [1.165, 1.54) is 0 Å². The summed E-state index contributed by atoms with van der Waals surface area (Å²) in [7, 11) is 0. The van der Waals surface area contributed by atoms with E-state index < -0.39 is 22.3 Å². The fourth-order valence-electron chi connectivity index (χ4n) is 0.291. The zero-order valence-corrected chi connectivity index (χ0v) is 7.50. The summed E-state index contributed by atoms with van der Waals surface area (Å²) in [4.78, 5) is 0. The summed E-state index contributed by atoms with van der Waals surface area (Å²) in [6, 6.07) is 0. The third kappa shape index (κ3) is 2.06. The Kier molecular flexibility index (Phi) is 3.49. The predicted molar refractivity (Wildman–Crippen MR) is 36.2 cm³/mol. The maximum absolute atomic E-state index is 12.2. The molecule has 0 N–H and O–H groups in total. The van der Waals surface area contributed by atoms with E-state index in [-0.39, 0.29) is 0 Å². The Morgan fingerprint density at radius 1 is 0.917 bits per heavy atom. The summed E-state index contributed by atoms with van der Waals surface area (Å²) in [5, 5.41) is 0. The van der Waals surface area contributed by atoms with Crippen molar-refractivity contribution in [2.24, 2.45) is 0 Å². The Labute approximate surface area is 79.6 Å². The molecule has 0 radical (unpaired) electrons. The molecule has 0 heterocycles. The first-order valence-corrected chi connectivity index (χ1v) is 3.73. The molecule has 8 heteroatoms. The van der Waals surface area contributed by atoms with Crippen LogP contribution in [0.5, 0.6) is 0 Å². The summed E-state index contributed by atoms with van der Waals surface area (Å²) in [5.74, 6) is -6.44. The van der Waals surface area contributed by atoms with Crippen LogP contribution < -0.4 is 0 Å². The van der Waals surface area contributed by atoms with Crippen molar-refractivity contribution in [3.8, 4) is 0 Å². The number of alkyl halides is 8. The molecule has 0 unspecified atom stereocenters. The molecule has 0 aromatic heterocycles. The van der Waals surface area contributed by atoms with Gasteiger partial charge in [0, 0.05) is 0 Å². The molecule has 0 fully saturated rings. The maximum Gasteiger partial charge on any atom is 0.456 e. The van der Waals surface area contributed by atoms with Crippen molar-refractivity contribution in [2.45, 2.75) is 16.4 Å². The quantitative estimate of drug-likeness (QED) is 0.519. The third-order valence-corrected chi connectivity index (χ3v) is 2.40. The van der Waals surface area contributed by atoms with Gasteiger partial charge < -0.3 is 0 Å². The Morgan fingerprint density at radius 2 is 1.25 bits per heavy atom. The molecule has 0 aliphatic rings. The molecule has 0 rings (SSSR count). The minimum atomic E-state index is -5.80. The summed E-state index contributed by atoms with van der Waals surface area (Å²) in [5.41, 5.74) is 0. The van der Waals surface area contributed by atoms with Crippen molar-refractivity contribution >= 4 is 34.8 Å². The minimum Gasteiger partial charge on any atom is -0.193 e. The van der Waals surface area contributed by atoms with Crippen LogP contribution in [0.1, 0.15) is 0 Å². The van der Waals surface area contributed by atoms with Crippen molar-refractivity contribution in [2.75, 3.05) is 5.88 Å². The number of halogens is 8. The molecule has 0 amide bonds. The van der Waals surface area contributed by atoms with Crippen LogP contribution in [0.2, 0.25) is 0 Å². The molecule has 0 aromatic rings. The first-order valence-electron chi connectivity index (χ1n) is 2.44. The van der Waals surface area contributed by atoms with Crippen molar-refractivity contribution in [3.63, 3.8) is 0 Å². The Bertz CT molecular complexity index is 163. The van der Waals surface area contributed by atoms with Gasteiger partial charge in [-0.25, -0.2) is 0 Å². The van der Waals surface area contributed by atoms with Gasteiger partial charge in [0.2, 0.25) is 4.33 Å². The SMILES string of the molecule is FC(F)(F)C(F)(F)C(Cl)(Cl)CCl. The maximum atomic E-state index is 12.2. The lowest BCUT2D eigenvalue weighted by Crippen LogP contribution is -2.51. The minimum absolute atomic E-state index is 1.22. The smallest absolute Gasteiger partial charge is 0.193 e. The lowest BCUT2D eigenvalue weighted by molar-refractivity contribution is -0.285. The fourth-order valence-corrected chi connectivity index (χ4v) is 0.673. The molecule has 0 bridgehead atoms. The highest BCUT2D eigenvalue weighted by Crippen LogP contribution is 2.49. The van der Waals surface area contributed by atoms with Crippen LogP contribution in [0.3, 0.4) is 0 Å². The van der Waals surface area contributed by atoms with Crippen molar-refractivity contribution < 1.29 is 22.0 Å². The van der Waals surface area contributed by atoms with Crippen molar-refractivity contribution in [1.82, 2.24) is 0 Å². The molecule has 0 spiro atoms. The Morgan fingerprint density at radius 3 is 1.33 bits per heavy atom. The Balaban J connectivity index is 4.85. The first kappa shape index (κ1) is 12.5. The number of rotatable bonds is 2. The second-order valence-corrected chi connectivity index (χ2v) is 3.66. The van der Waals surface area contributed by atoms with Crippen molar-refractivity contribution in [3.05, 3.63) is 0 Å². The van der Waals surface area contributed by atoms with Crippen LogP contribution in [0.4, 0.5) is 22.0 Å². The molecule has 0 aliphatic heterocycles. The number of hydrogen-bond donors (Lipinski definition) is 0. The largest absolute Gasteiger partial charge is 0.456 e. The van der Waals surface area contributed by atoms with Gasteiger partial charge in [-0.15, -0.1) is 11.6 Å². The van der Waals surface area contributed by atoms with E-state index in [4.69, 9.17) is 11.6 Å². The van der Waals surface area contributed by atoms with Crippen LogP contribution in [0, 0.1) is 0 Å². The molecular formula is C4H2Cl3F5. The fraction of sp³-hybridized carbons (Fsp3) is 1.00. The molecule has 0 saturated carbocycles. The first-order chi connectivity index (χ1) is 5.06. The van der Waals surface area contributed by atoms with Crippen molar-refractivity contribution in [1.29, 1.82) is 0 Å². The molecule has 0 atom stereocenters. The molecule has 0 saturated heterocycles. The third-order valence-electron chi connectivity index (χ3n) is 0.983. The molecule has 0 aromatic carbocycles. The number of hydrogen-bond acceptors (Lipinski definition) is 0. The summed E-state index contributed by atoms with van der Waals surface area (Å²) < 4.78 is 55.8. The predicted octanol–water partition coefficient (Wildman–Crippen LogP) is 3.60. The van der Waals surface area contributed by atoms with Gasteiger partial charge in [-0.1, -0.05) is 23.2 Å². The zero-order chi connectivity index (χ0) is 10.2. The van der Waals surface area contributed by atoms with E-state index in [0.717, 1.165) is 0 Å². The Hall–Kier alpha value is 0.520. The van der Waals surface area contributed by atoms with Gasteiger partial charge in [0.05, 0.1) is 5.88 Å². The van der Waals surface area contributed by atoms with Gasteiger partial charge in [-0.05, 0) is 0 Å². The van der Waals surface area contributed by atoms with E-state index in [1.807, 2.05) is 0 Å². The summed E-state index contributed by atoms with van der Waals surface area (Å²) in [6.07, 6.45) is -5.80. The lowest BCUT2D eigenvalue weighted by Gasteiger charge is -2.29. The standard InChI is InChI=1S/C4H2Cl3F5/c5-1-2(6,7)3(8,9)4(10,11)12/h1H2. The van der Waals surface area contributed by atoms with Gasteiger partial charge in [0.15, 0.2) is 0 Å². The average Bonchev–Trinajstić information content (AvgIpc) is 1.85. The lowest BCUT2D eigenvalue weighted by atomic mass is 10.2. The molecular weight excluding hydrogens is 249 g/mol. The van der Waals surface area contributed by atoms with Gasteiger partial charge >= 0.3 is 12.1 Å². The topological polar surface area (TPSA) is 0 Å². The van der Waals surface area contributed by atoms with E-state index in [1.54, 1.807) is 0 Å².